The number of carbonyl (C=O) groups is 1. The molecule has 0 amide bonds. The number of aliphatic hydroxyl groups is 1. The summed E-state index contributed by atoms with van der Waals surface area (Å²) < 4.78 is 5.25. The van der Waals surface area contributed by atoms with Crippen LogP contribution in [-0.2, 0) is 0 Å². The van der Waals surface area contributed by atoms with Gasteiger partial charge >= 0.3 is 0 Å². The van der Waals surface area contributed by atoms with Crippen molar-refractivity contribution in [1.29, 1.82) is 0 Å². The van der Waals surface area contributed by atoms with Crippen molar-refractivity contribution in [2.75, 3.05) is 13.2 Å². The zero-order valence-corrected chi connectivity index (χ0v) is 10.9. The fraction of sp³-hybridized carbons (Fsp3) is 0.125. The number of hydrogen-bond donors (Lipinski definition) is 1. The van der Waals surface area contributed by atoms with E-state index in [0.717, 1.165) is 5.56 Å². The van der Waals surface area contributed by atoms with E-state index in [9.17, 15) is 4.79 Å². The van der Waals surface area contributed by atoms with Crippen molar-refractivity contribution in [2.24, 2.45) is 0 Å². The molecule has 0 aliphatic rings. The molecule has 0 saturated heterocycles. The van der Waals surface area contributed by atoms with Gasteiger partial charge in [0.25, 0.3) is 0 Å². The number of ether oxygens (including phenoxy) is 1. The smallest absolute Gasteiger partial charge is 0.204 e. The number of rotatable bonds is 6. The summed E-state index contributed by atoms with van der Waals surface area (Å²) in [6.07, 6.45) is 4.81. The van der Waals surface area contributed by atoms with E-state index in [1.165, 1.54) is 6.08 Å². The second-order valence-electron chi connectivity index (χ2n) is 4.05. The van der Waals surface area contributed by atoms with Crippen LogP contribution in [0.3, 0.4) is 0 Å². The van der Waals surface area contributed by atoms with Crippen LogP contribution in [0.2, 0.25) is 0 Å². The van der Waals surface area contributed by atoms with Crippen LogP contribution >= 0.6 is 0 Å². The lowest BCUT2D eigenvalue weighted by molar-refractivity contribution is 0.104. The van der Waals surface area contributed by atoms with Crippen molar-refractivity contribution in [3.8, 4) is 5.75 Å². The number of nitrogens with zero attached hydrogens (tertiary/aromatic N) is 1. The number of benzene rings is 1. The molecule has 0 atom stereocenters. The molecule has 0 bridgehead atoms. The molecule has 20 heavy (non-hydrogen) atoms. The summed E-state index contributed by atoms with van der Waals surface area (Å²) in [4.78, 5) is 15.8. The van der Waals surface area contributed by atoms with Crippen molar-refractivity contribution < 1.29 is 14.6 Å². The van der Waals surface area contributed by atoms with Gasteiger partial charge in [-0.3, -0.25) is 9.78 Å². The number of pyridine rings is 1. The fourth-order valence-electron chi connectivity index (χ4n) is 1.60. The van der Waals surface area contributed by atoms with Crippen LogP contribution in [0.4, 0.5) is 0 Å². The average Bonchev–Trinajstić information content (AvgIpc) is 2.52. The van der Waals surface area contributed by atoms with Crippen molar-refractivity contribution in [1.82, 2.24) is 4.98 Å². The lowest BCUT2D eigenvalue weighted by Gasteiger charge is -2.03. The Morgan fingerprint density at radius 1 is 1.20 bits per heavy atom. The van der Waals surface area contributed by atoms with Crippen LogP contribution in [-0.4, -0.2) is 29.1 Å². The van der Waals surface area contributed by atoms with Crippen LogP contribution in [0.25, 0.3) is 6.08 Å². The van der Waals surface area contributed by atoms with Gasteiger partial charge in [-0.1, -0.05) is 24.3 Å². The van der Waals surface area contributed by atoms with Crippen LogP contribution in [0.15, 0.2) is 54.7 Å². The lowest BCUT2D eigenvalue weighted by Crippen LogP contribution is -2.01. The molecule has 0 saturated carbocycles. The van der Waals surface area contributed by atoms with Crippen LogP contribution in [0.5, 0.6) is 5.75 Å². The van der Waals surface area contributed by atoms with Gasteiger partial charge in [0.15, 0.2) is 0 Å². The first kappa shape index (κ1) is 14.0. The van der Waals surface area contributed by atoms with Crippen LogP contribution < -0.4 is 4.74 Å². The molecule has 4 heteroatoms. The van der Waals surface area contributed by atoms with Crippen molar-refractivity contribution in [3.63, 3.8) is 0 Å². The molecule has 1 aromatic heterocycles. The normalized spacial score (nSPS) is 10.7. The van der Waals surface area contributed by atoms with E-state index in [2.05, 4.69) is 4.98 Å². The maximum absolute atomic E-state index is 11.8. The molecule has 0 spiro atoms. The topological polar surface area (TPSA) is 59.4 Å². The molecule has 102 valence electrons. The molecule has 0 radical (unpaired) electrons. The molecule has 0 aliphatic carbocycles. The standard InChI is InChI=1S/C16H15NO3/c18-11-12-20-14-7-4-13(5-8-14)6-9-16(19)15-3-1-2-10-17-15/h1-10,18H,11-12H2/b9-6+. The van der Waals surface area contributed by atoms with E-state index in [0.29, 0.717) is 11.4 Å². The summed E-state index contributed by atoms with van der Waals surface area (Å²) >= 11 is 0. The maximum atomic E-state index is 11.8. The predicted octanol–water partition coefficient (Wildman–Crippen LogP) is 2.35. The summed E-state index contributed by atoms with van der Waals surface area (Å²) in [7, 11) is 0. The van der Waals surface area contributed by atoms with Crippen LogP contribution in [0.1, 0.15) is 16.1 Å². The molecule has 0 unspecified atom stereocenters. The molecule has 1 aromatic carbocycles. The summed E-state index contributed by atoms with van der Waals surface area (Å²) in [5, 5.41) is 8.66. The number of aliphatic hydroxyl groups excluding tert-OH is 1. The highest BCUT2D eigenvalue weighted by atomic mass is 16.5. The van der Waals surface area contributed by atoms with Gasteiger partial charge in [0.2, 0.25) is 5.78 Å². The first-order valence-electron chi connectivity index (χ1n) is 6.27. The minimum absolute atomic E-state index is 0.0137. The zero-order valence-electron chi connectivity index (χ0n) is 10.9. The predicted molar refractivity (Wildman–Crippen MR) is 76.6 cm³/mol. The Hall–Kier alpha value is -2.46. The first-order chi connectivity index (χ1) is 9.79. The summed E-state index contributed by atoms with van der Waals surface area (Å²) in [6, 6.07) is 12.5. The largest absolute Gasteiger partial charge is 0.491 e. The van der Waals surface area contributed by atoms with Gasteiger partial charge in [-0.25, -0.2) is 0 Å². The number of hydrogen-bond acceptors (Lipinski definition) is 4. The Labute approximate surface area is 117 Å². The number of allylic oxidation sites excluding steroid dienone is 1. The van der Waals surface area contributed by atoms with E-state index >= 15 is 0 Å². The highest BCUT2D eigenvalue weighted by molar-refractivity contribution is 6.05. The molecule has 0 fully saturated rings. The quantitative estimate of drug-likeness (QED) is 0.646. The van der Waals surface area contributed by atoms with Crippen LogP contribution in [0, 0.1) is 0 Å². The third-order valence-electron chi connectivity index (χ3n) is 2.58. The Balaban J connectivity index is 1.99. The number of aromatic nitrogens is 1. The molecule has 2 aromatic rings. The molecule has 1 heterocycles. The van der Waals surface area contributed by atoms with Gasteiger partial charge in [-0.2, -0.15) is 0 Å². The molecule has 1 N–H and O–H groups in total. The first-order valence-corrected chi connectivity index (χ1v) is 6.27. The minimum Gasteiger partial charge on any atom is -0.491 e. The van der Waals surface area contributed by atoms with E-state index in [1.54, 1.807) is 42.6 Å². The third-order valence-corrected chi connectivity index (χ3v) is 2.58. The zero-order chi connectivity index (χ0) is 14.2. The summed E-state index contributed by atoms with van der Waals surface area (Å²) in [5.41, 5.74) is 1.32. The highest BCUT2D eigenvalue weighted by Gasteiger charge is 2.01. The molecular weight excluding hydrogens is 254 g/mol. The Morgan fingerprint density at radius 3 is 2.65 bits per heavy atom. The summed E-state index contributed by atoms with van der Waals surface area (Å²) in [5.74, 6) is 0.554. The second kappa shape index (κ2) is 7.21. The van der Waals surface area contributed by atoms with Gasteiger partial charge in [-0.05, 0) is 35.9 Å². The molecular formula is C16H15NO3. The van der Waals surface area contributed by atoms with Gasteiger partial charge in [-0.15, -0.1) is 0 Å². The Bertz CT molecular complexity index is 576. The van der Waals surface area contributed by atoms with Gasteiger partial charge < -0.3 is 9.84 Å². The average molecular weight is 269 g/mol. The number of ketones is 1. The minimum atomic E-state index is -0.133. The Morgan fingerprint density at radius 2 is 2.00 bits per heavy atom. The summed E-state index contributed by atoms with van der Waals surface area (Å²) in [6.45, 7) is 0.258. The Kier molecular flexibility index (Phi) is 5.03. The van der Waals surface area contributed by atoms with Crippen molar-refractivity contribution in [3.05, 3.63) is 66.0 Å². The lowest BCUT2D eigenvalue weighted by atomic mass is 10.1. The SMILES string of the molecule is O=C(/C=C/c1ccc(OCCO)cc1)c1ccccn1. The molecule has 2 rings (SSSR count). The maximum Gasteiger partial charge on any atom is 0.204 e. The highest BCUT2D eigenvalue weighted by Crippen LogP contribution is 2.13. The van der Waals surface area contributed by atoms with E-state index in [1.807, 2.05) is 12.1 Å². The van der Waals surface area contributed by atoms with Gasteiger partial charge in [0.1, 0.15) is 18.1 Å². The van der Waals surface area contributed by atoms with Crippen molar-refractivity contribution >= 4 is 11.9 Å². The molecule has 0 aliphatic heterocycles. The van der Waals surface area contributed by atoms with Gasteiger partial charge in [0.05, 0.1) is 6.61 Å². The van der Waals surface area contributed by atoms with Crippen molar-refractivity contribution in [2.45, 2.75) is 0 Å². The second-order valence-corrected chi connectivity index (χ2v) is 4.05. The van der Waals surface area contributed by atoms with E-state index < -0.39 is 0 Å². The fourth-order valence-corrected chi connectivity index (χ4v) is 1.60. The third kappa shape index (κ3) is 4.03. The van der Waals surface area contributed by atoms with E-state index in [4.69, 9.17) is 9.84 Å². The number of carbonyl (C=O) groups excluding carboxylic acids is 1. The monoisotopic (exact) mass is 269 g/mol. The molecule has 4 nitrogen and oxygen atoms in total. The van der Waals surface area contributed by atoms with E-state index in [-0.39, 0.29) is 19.0 Å². The van der Waals surface area contributed by atoms with Gasteiger partial charge in [0, 0.05) is 6.20 Å².